The van der Waals surface area contributed by atoms with E-state index in [1.54, 1.807) is 0 Å². The zero-order chi connectivity index (χ0) is 13.6. The van der Waals surface area contributed by atoms with Gasteiger partial charge in [0, 0.05) is 12.6 Å². The molecule has 2 nitrogen and oxygen atoms in total. The molecule has 0 spiro atoms. The van der Waals surface area contributed by atoms with E-state index in [1.165, 1.54) is 84.0 Å². The van der Waals surface area contributed by atoms with E-state index in [2.05, 4.69) is 24.1 Å². The van der Waals surface area contributed by atoms with Gasteiger partial charge in [0.25, 0.3) is 0 Å². The minimum absolute atomic E-state index is 0.619. The van der Waals surface area contributed by atoms with Crippen molar-refractivity contribution in [1.82, 2.24) is 10.2 Å². The zero-order valence-corrected chi connectivity index (χ0v) is 13.2. The lowest BCUT2D eigenvalue weighted by Gasteiger charge is -2.44. The molecule has 2 heteroatoms. The van der Waals surface area contributed by atoms with E-state index in [1.807, 2.05) is 0 Å². The Labute approximate surface area is 120 Å². The van der Waals surface area contributed by atoms with Crippen molar-refractivity contribution in [1.29, 1.82) is 0 Å². The number of nitrogens with zero attached hydrogens (tertiary/aromatic N) is 1. The fourth-order valence-electron chi connectivity index (χ4n) is 4.35. The number of hydrogen-bond acceptors (Lipinski definition) is 2. The summed E-state index contributed by atoms with van der Waals surface area (Å²) >= 11 is 0. The SMILES string of the molecule is CCCC1(CN(CC)C2CCCCC2)CCNCC1. The summed E-state index contributed by atoms with van der Waals surface area (Å²) in [7, 11) is 0. The first-order valence-corrected chi connectivity index (χ1v) is 8.74. The van der Waals surface area contributed by atoms with E-state index >= 15 is 0 Å². The summed E-state index contributed by atoms with van der Waals surface area (Å²) in [6.07, 6.45) is 12.9. The van der Waals surface area contributed by atoms with Crippen LogP contribution in [0.5, 0.6) is 0 Å². The summed E-state index contributed by atoms with van der Waals surface area (Å²) in [6, 6.07) is 0.891. The Bertz CT molecular complexity index is 234. The van der Waals surface area contributed by atoms with Gasteiger partial charge in [-0.2, -0.15) is 0 Å². The van der Waals surface area contributed by atoms with Crippen LogP contribution in [0.15, 0.2) is 0 Å². The van der Waals surface area contributed by atoms with Gasteiger partial charge in [-0.15, -0.1) is 0 Å². The van der Waals surface area contributed by atoms with Gasteiger partial charge in [-0.3, -0.25) is 0 Å². The molecule has 0 atom stereocenters. The summed E-state index contributed by atoms with van der Waals surface area (Å²) in [5.74, 6) is 0. The lowest BCUT2D eigenvalue weighted by atomic mass is 9.74. The fraction of sp³-hybridized carbons (Fsp3) is 1.00. The average Bonchev–Trinajstić information content (AvgIpc) is 2.47. The van der Waals surface area contributed by atoms with Crippen LogP contribution in [0.1, 0.15) is 71.6 Å². The van der Waals surface area contributed by atoms with Crippen LogP contribution < -0.4 is 5.32 Å². The topological polar surface area (TPSA) is 15.3 Å². The van der Waals surface area contributed by atoms with Crippen LogP contribution in [0.2, 0.25) is 0 Å². The highest BCUT2D eigenvalue weighted by Gasteiger charge is 2.34. The van der Waals surface area contributed by atoms with Crippen molar-refractivity contribution in [3.63, 3.8) is 0 Å². The molecule has 112 valence electrons. The molecule has 1 saturated heterocycles. The largest absolute Gasteiger partial charge is 0.317 e. The number of piperidine rings is 1. The second kappa shape index (κ2) is 7.64. The van der Waals surface area contributed by atoms with Crippen LogP contribution >= 0.6 is 0 Å². The van der Waals surface area contributed by atoms with Crippen LogP contribution in [0, 0.1) is 5.41 Å². The fourth-order valence-corrected chi connectivity index (χ4v) is 4.35. The van der Waals surface area contributed by atoms with Gasteiger partial charge in [-0.1, -0.05) is 39.5 Å². The van der Waals surface area contributed by atoms with Crippen LogP contribution in [0.4, 0.5) is 0 Å². The Balaban J connectivity index is 1.96. The van der Waals surface area contributed by atoms with Gasteiger partial charge >= 0.3 is 0 Å². The van der Waals surface area contributed by atoms with Crippen molar-refractivity contribution in [2.75, 3.05) is 26.2 Å². The van der Waals surface area contributed by atoms with E-state index in [0.717, 1.165) is 6.04 Å². The van der Waals surface area contributed by atoms with E-state index in [9.17, 15) is 0 Å². The van der Waals surface area contributed by atoms with Gasteiger partial charge in [0.1, 0.15) is 0 Å². The average molecular weight is 266 g/mol. The minimum Gasteiger partial charge on any atom is -0.317 e. The Morgan fingerprint density at radius 1 is 1.05 bits per heavy atom. The number of nitrogens with one attached hydrogen (secondary N) is 1. The van der Waals surface area contributed by atoms with Gasteiger partial charge < -0.3 is 10.2 Å². The van der Waals surface area contributed by atoms with Crippen LogP contribution in [0.3, 0.4) is 0 Å². The maximum absolute atomic E-state index is 3.55. The highest BCUT2D eigenvalue weighted by atomic mass is 15.2. The van der Waals surface area contributed by atoms with Crippen molar-refractivity contribution in [2.24, 2.45) is 5.41 Å². The lowest BCUT2D eigenvalue weighted by Crippen LogP contribution is -2.48. The Morgan fingerprint density at radius 2 is 1.74 bits per heavy atom. The van der Waals surface area contributed by atoms with Gasteiger partial charge in [-0.25, -0.2) is 0 Å². The molecule has 1 N–H and O–H groups in total. The van der Waals surface area contributed by atoms with Crippen molar-refractivity contribution >= 4 is 0 Å². The molecule has 0 bridgehead atoms. The molecule has 2 rings (SSSR count). The summed E-state index contributed by atoms with van der Waals surface area (Å²) in [4.78, 5) is 2.83. The molecule has 1 aliphatic heterocycles. The van der Waals surface area contributed by atoms with Crippen LogP contribution in [-0.4, -0.2) is 37.1 Å². The number of rotatable bonds is 6. The van der Waals surface area contributed by atoms with Gasteiger partial charge in [0.15, 0.2) is 0 Å². The minimum atomic E-state index is 0.619. The third kappa shape index (κ3) is 4.19. The molecular formula is C17H34N2. The maximum Gasteiger partial charge on any atom is 0.00953 e. The monoisotopic (exact) mass is 266 g/mol. The van der Waals surface area contributed by atoms with Crippen molar-refractivity contribution < 1.29 is 0 Å². The van der Waals surface area contributed by atoms with E-state index < -0.39 is 0 Å². The molecule has 0 unspecified atom stereocenters. The molecule has 0 aromatic carbocycles. The van der Waals surface area contributed by atoms with Crippen molar-refractivity contribution in [3.05, 3.63) is 0 Å². The molecule has 1 aliphatic carbocycles. The predicted molar refractivity (Wildman–Crippen MR) is 83.6 cm³/mol. The molecule has 0 aromatic rings. The van der Waals surface area contributed by atoms with Gasteiger partial charge in [-0.05, 0) is 57.2 Å². The molecule has 2 aliphatic rings. The normalized spacial score (nSPS) is 24.8. The molecule has 0 amide bonds. The third-order valence-corrected chi connectivity index (χ3v) is 5.48. The molecule has 2 fully saturated rings. The van der Waals surface area contributed by atoms with Crippen LogP contribution in [-0.2, 0) is 0 Å². The lowest BCUT2D eigenvalue weighted by molar-refractivity contribution is 0.0630. The summed E-state index contributed by atoms with van der Waals surface area (Å²) in [5.41, 5.74) is 0.619. The first-order valence-electron chi connectivity index (χ1n) is 8.74. The first kappa shape index (κ1) is 15.3. The predicted octanol–water partition coefficient (Wildman–Crippen LogP) is 3.81. The van der Waals surface area contributed by atoms with E-state index in [0.29, 0.717) is 5.41 Å². The second-order valence-corrected chi connectivity index (χ2v) is 6.85. The van der Waals surface area contributed by atoms with E-state index in [4.69, 9.17) is 0 Å². The molecule has 1 heterocycles. The Morgan fingerprint density at radius 3 is 2.32 bits per heavy atom. The Kier molecular flexibility index (Phi) is 6.15. The highest BCUT2D eigenvalue weighted by molar-refractivity contribution is 4.89. The quantitative estimate of drug-likeness (QED) is 0.786. The maximum atomic E-state index is 3.55. The Hall–Kier alpha value is -0.0800. The molecule has 0 radical (unpaired) electrons. The summed E-state index contributed by atoms with van der Waals surface area (Å²) in [6.45, 7) is 9.83. The standard InChI is InChI=1S/C17H34N2/c1-3-10-17(11-13-18-14-12-17)15-19(4-2)16-8-6-5-7-9-16/h16,18H,3-15H2,1-2H3. The third-order valence-electron chi connectivity index (χ3n) is 5.48. The zero-order valence-electron chi connectivity index (χ0n) is 13.2. The molecule has 19 heavy (non-hydrogen) atoms. The van der Waals surface area contributed by atoms with Crippen LogP contribution in [0.25, 0.3) is 0 Å². The van der Waals surface area contributed by atoms with E-state index in [-0.39, 0.29) is 0 Å². The smallest absolute Gasteiger partial charge is 0.00953 e. The second-order valence-electron chi connectivity index (χ2n) is 6.85. The van der Waals surface area contributed by atoms with Crippen molar-refractivity contribution in [2.45, 2.75) is 77.7 Å². The molecule has 0 aromatic heterocycles. The number of hydrogen-bond donors (Lipinski definition) is 1. The summed E-state index contributed by atoms with van der Waals surface area (Å²) in [5, 5.41) is 3.55. The van der Waals surface area contributed by atoms with Gasteiger partial charge in [0.05, 0.1) is 0 Å². The molecule has 1 saturated carbocycles. The highest BCUT2D eigenvalue weighted by Crippen LogP contribution is 2.36. The van der Waals surface area contributed by atoms with Gasteiger partial charge in [0.2, 0.25) is 0 Å². The summed E-state index contributed by atoms with van der Waals surface area (Å²) < 4.78 is 0. The van der Waals surface area contributed by atoms with Crippen molar-refractivity contribution in [3.8, 4) is 0 Å². The molecular weight excluding hydrogens is 232 g/mol. The first-order chi connectivity index (χ1) is 9.29.